The number of benzene rings is 3. The molecule has 0 bridgehead atoms. The number of aromatic carboxylic acids is 1. The summed E-state index contributed by atoms with van der Waals surface area (Å²) in [5.74, 6) is -0.533. The minimum Gasteiger partial charge on any atom is -0.478 e. The average Bonchev–Trinajstić information content (AvgIpc) is 3.54. The summed E-state index contributed by atoms with van der Waals surface area (Å²) < 4.78 is 72.9. The van der Waals surface area contributed by atoms with Gasteiger partial charge in [-0.15, -0.1) is 20.5 Å². The van der Waals surface area contributed by atoms with Crippen molar-refractivity contribution in [2.45, 2.75) is 43.7 Å². The van der Waals surface area contributed by atoms with Gasteiger partial charge in [-0.3, -0.25) is 9.35 Å². The van der Waals surface area contributed by atoms with Gasteiger partial charge in [-0.1, -0.05) is 17.4 Å². The predicted octanol–water partition coefficient (Wildman–Crippen LogP) is 8.97. The van der Waals surface area contributed by atoms with Gasteiger partial charge < -0.3 is 14.9 Å². The third-order valence-corrected chi connectivity index (χ3v) is 10.5. The van der Waals surface area contributed by atoms with E-state index in [1.165, 1.54) is 6.07 Å². The van der Waals surface area contributed by atoms with Gasteiger partial charge in [0.2, 0.25) is 5.13 Å². The van der Waals surface area contributed by atoms with E-state index in [0.29, 0.717) is 52.0 Å². The standard InChI is InChI=1S/C19H15F3N4O4S2.C17H18N4O2.Pd/c20-19(21,22)10-26-5-1-2-12-7-14(17(8-15(12)26)32(28,29)30)24-25-18-23-13-4-3-11(9-27)6-16(13)31-18;1-11-5-3-7-16(18-11)20-19-14-9-12-6-4-8-21(2)15(12)10-13(14)17(22)23;/h3-4,6-9H,1-2,5,10H2,(H,28,29,30);3,5,7,9-10H,4,6,8H2,1-2H3,(H,22,23);. The van der Waals surface area contributed by atoms with Gasteiger partial charge in [0.05, 0.1) is 15.8 Å². The zero-order valence-electron chi connectivity index (χ0n) is 29.7. The third-order valence-electron chi connectivity index (χ3n) is 8.72. The van der Waals surface area contributed by atoms with E-state index in [0.717, 1.165) is 58.6 Å². The number of carbonyl (C=O) groups excluding carboxylic acids is 1. The van der Waals surface area contributed by atoms with E-state index in [9.17, 15) is 40.8 Å². The Morgan fingerprint density at radius 1 is 0.929 bits per heavy atom. The second-order valence-electron chi connectivity index (χ2n) is 12.8. The molecule has 0 amide bonds. The van der Waals surface area contributed by atoms with Crippen LogP contribution in [0, 0.1) is 6.92 Å². The van der Waals surface area contributed by atoms with Crippen LogP contribution in [0.2, 0.25) is 0 Å². The maximum absolute atomic E-state index is 12.9. The molecule has 56 heavy (non-hydrogen) atoms. The van der Waals surface area contributed by atoms with Crippen LogP contribution in [0.5, 0.6) is 0 Å². The summed E-state index contributed by atoms with van der Waals surface area (Å²) in [7, 11) is -2.82. The fourth-order valence-electron chi connectivity index (χ4n) is 6.23. The summed E-state index contributed by atoms with van der Waals surface area (Å²) in [5.41, 5.74) is 4.82. The van der Waals surface area contributed by atoms with Crippen molar-refractivity contribution < 1.29 is 61.3 Å². The van der Waals surface area contributed by atoms with Crippen molar-refractivity contribution in [3.05, 3.63) is 88.6 Å². The van der Waals surface area contributed by atoms with Crippen molar-refractivity contribution in [3.8, 4) is 0 Å². The molecular weight excluding hydrogens is 868 g/mol. The molecule has 0 spiro atoms. The fourth-order valence-corrected chi connectivity index (χ4v) is 7.69. The van der Waals surface area contributed by atoms with Crippen molar-refractivity contribution in [3.63, 3.8) is 0 Å². The average molecular weight is 901 g/mol. The summed E-state index contributed by atoms with van der Waals surface area (Å²) >= 11 is 1.12. The number of alkyl halides is 3. The minimum absolute atomic E-state index is 0. The Labute approximate surface area is 336 Å². The minimum atomic E-state index is -4.79. The third kappa shape index (κ3) is 10.2. The molecule has 296 valence electrons. The Morgan fingerprint density at radius 3 is 2.30 bits per heavy atom. The molecule has 0 aliphatic carbocycles. The molecule has 0 saturated carbocycles. The summed E-state index contributed by atoms with van der Waals surface area (Å²) in [6.07, 6.45) is -0.943. The van der Waals surface area contributed by atoms with E-state index < -0.39 is 33.7 Å². The number of carbonyl (C=O) groups is 2. The van der Waals surface area contributed by atoms with Crippen LogP contribution in [0.1, 0.15) is 50.4 Å². The number of aromatic nitrogens is 2. The van der Waals surface area contributed by atoms with Crippen molar-refractivity contribution in [2.75, 3.05) is 36.5 Å². The first-order chi connectivity index (χ1) is 26.1. The molecule has 3 aromatic carbocycles. The van der Waals surface area contributed by atoms with Gasteiger partial charge in [0.25, 0.3) is 10.1 Å². The predicted molar refractivity (Wildman–Crippen MR) is 200 cm³/mol. The van der Waals surface area contributed by atoms with E-state index in [-0.39, 0.29) is 49.0 Å². The summed E-state index contributed by atoms with van der Waals surface area (Å²) in [4.78, 5) is 33.4. The van der Waals surface area contributed by atoms with Crippen molar-refractivity contribution >= 4 is 77.6 Å². The number of hydrogen-bond acceptors (Lipinski definition) is 13. The molecule has 0 fully saturated rings. The quantitative estimate of drug-likeness (QED) is 0.0658. The Hall–Kier alpha value is -5.00. The van der Waals surface area contributed by atoms with Crippen molar-refractivity contribution in [1.29, 1.82) is 0 Å². The number of rotatable bonds is 8. The van der Waals surface area contributed by atoms with Crippen LogP contribution in [0.15, 0.2) is 86.0 Å². The second-order valence-corrected chi connectivity index (χ2v) is 15.2. The Bertz CT molecular complexity index is 2460. The fraction of sp³-hybridized carbons (Fsp3) is 0.278. The maximum atomic E-state index is 12.9. The zero-order chi connectivity index (χ0) is 39.5. The van der Waals surface area contributed by atoms with Crippen LogP contribution in [0.4, 0.5) is 46.9 Å². The van der Waals surface area contributed by atoms with Crippen LogP contribution >= 0.6 is 11.3 Å². The van der Waals surface area contributed by atoms with Gasteiger partial charge in [0, 0.05) is 63.2 Å². The number of anilines is 2. The number of azo groups is 2. The Morgan fingerprint density at radius 2 is 1.62 bits per heavy atom. The maximum Gasteiger partial charge on any atom is 0.405 e. The molecule has 2 N–H and O–H groups in total. The van der Waals surface area contributed by atoms with Crippen molar-refractivity contribution in [1.82, 2.24) is 9.97 Å². The monoisotopic (exact) mass is 900 g/mol. The van der Waals surface area contributed by atoms with Crippen LogP contribution in [-0.2, 0) is 43.4 Å². The molecule has 0 unspecified atom stereocenters. The van der Waals surface area contributed by atoms with E-state index >= 15 is 0 Å². The van der Waals surface area contributed by atoms with Gasteiger partial charge in [0.15, 0.2) is 5.82 Å². The van der Waals surface area contributed by atoms with Crippen LogP contribution in [0.25, 0.3) is 10.2 Å². The topological polar surface area (TPSA) is 190 Å². The summed E-state index contributed by atoms with van der Waals surface area (Å²) in [5, 5.41) is 25.7. The number of aryl methyl sites for hydroxylation is 3. The van der Waals surface area contributed by atoms with E-state index in [1.54, 1.807) is 30.3 Å². The van der Waals surface area contributed by atoms with Gasteiger partial charge >= 0.3 is 12.1 Å². The smallest absolute Gasteiger partial charge is 0.405 e. The molecule has 4 heterocycles. The first kappa shape index (κ1) is 42.2. The first-order valence-electron chi connectivity index (χ1n) is 16.8. The van der Waals surface area contributed by atoms with Gasteiger partial charge in [-0.25, -0.2) is 14.8 Å². The van der Waals surface area contributed by atoms with Crippen LogP contribution < -0.4 is 9.80 Å². The molecule has 2 aromatic heterocycles. The summed E-state index contributed by atoms with van der Waals surface area (Å²) in [6.45, 7) is 1.67. The number of hydrogen-bond donors (Lipinski definition) is 2. The first-order valence-corrected chi connectivity index (χ1v) is 19.0. The number of nitrogens with zero attached hydrogens (tertiary/aromatic N) is 8. The number of pyridine rings is 1. The number of fused-ring (bicyclic) bond motifs is 3. The van der Waals surface area contributed by atoms with Gasteiger partial charge in [-0.05, 0) is 98.3 Å². The van der Waals surface area contributed by atoms with E-state index in [4.69, 9.17) is 0 Å². The Balaban J connectivity index is 0.000000222. The number of carboxylic acids is 1. The number of thiazole rings is 1. The van der Waals surface area contributed by atoms with E-state index in [1.807, 2.05) is 32.2 Å². The molecule has 0 atom stereocenters. The molecule has 5 aromatic rings. The Kier molecular flexibility index (Phi) is 13.1. The van der Waals surface area contributed by atoms with Crippen LogP contribution in [0.3, 0.4) is 0 Å². The zero-order valence-corrected chi connectivity index (χ0v) is 32.9. The van der Waals surface area contributed by atoms with Crippen LogP contribution in [-0.4, -0.2) is 73.2 Å². The molecule has 2 aliphatic rings. The van der Waals surface area contributed by atoms with Gasteiger partial charge in [0.1, 0.15) is 29.1 Å². The second kappa shape index (κ2) is 17.4. The largest absolute Gasteiger partial charge is 0.478 e. The number of halogens is 3. The molecule has 0 radical (unpaired) electrons. The molecule has 7 rings (SSSR count). The molecule has 14 nitrogen and oxygen atoms in total. The van der Waals surface area contributed by atoms with Crippen molar-refractivity contribution in [2.24, 2.45) is 20.5 Å². The normalized spacial score (nSPS) is 14.2. The molecular formula is C36H33F3N8O6PdS2. The molecule has 0 saturated heterocycles. The van der Waals surface area contributed by atoms with E-state index in [2.05, 4.69) is 35.3 Å². The summed E-state index contributed by atoms with van der Waals surface area (Å²) in [6, 6.07) is 16.1. The number of carboxylic acid groups (broad SMARTS) is 1. The molecule has 2 aliphatic heterocycles. The van der Waals surface area contributed by atoms with Gasteiger partial charge in [-0.2, -0.15) is 21.6 Å². The SMILES string of the molecule is Cc1cccc(N=Nc2cc3c(cc2C(=O)O)N(C)CCC3)n1.O=Cc1ccc2nc(N=Nc3cc4c(cc3S(=O)(=O)O)N(CC(F)(F)F)CCC4)sc2c1.[Pd]. The molecule has 20 heteroatoms. The number of aldehydes is 1.